The molecule has 1 atom stereocenters. The highest BCUT2D eigenvalue weighted by Crippen LogP contribution is 2.16. The molecule has 0 bridgehead atoms. The highest BCUT2D eigenvalue weighted by Gasteiger charge is 2.10. The van der Waals surface area contributed by atoms with Crippen LogP contribution >= 0.6 is 0 Å². The van der Waals surface area contributed by atoms with Gasteiger partial charge >= 0.3 is 0 Å². The molecule has 3 heteroatoms. The van der Waals surface area contributed by atoms with Gasteiger partial charge in [0, 0.05) is 11.6 Å². The second-order valence-electron chi connectivity index (χ2n) is 5.25. The summed E-state index contributed by atoms with van der Waals surface area (Å²) in [6, 6.07) is 7.14. The molecule has 0 aliphatic carbocycles. The molecular weight excluding hydrogens is 226 g/mol. The Hall–Kier alpha value is -1.51. The van der Waals surface area contributed by atoms with Crippen LogP contribution in [0.3, 0.4) is 0 Å². The molecular formula is C15H23NO2. The van der Waals surface area contributed by atoms with E-state index >= 15 is 0 Å². The van der Waals surface area contributed by atoms with Crippen molar-refractivity contribution in [2.75, 3.05) is 0 Å². The number of hydrogen-bond donors (Lipinski definition) is 2. The van der Waals surface area contributed by atoms with Crippen LogP contribution in [-0.2, 0) is 11.2 Å². The molecule has 2 N–H and O–H groups in total. The van der Waals surface area contributed by atoms with Crippen LogP contribution in [0, 0.1) is 5.92 Å². The van der Waals surface area contributed by atoms with Gasteiger partial charge in [-0.15, -0.1) is 0 Å². The van der Waals surface area contributed by atoms with E-state index in [1.54, 1.807) is 18.2 Å². The van der Waals surface area contributed by atoms with Crippen molar-refractivity contribution in [3.05, 3.63) is 29.8 Å². The summed E-state index contributed by atoms with van der Waals surface area (Å²) >= 11 is 0. The molecule has 0 saturated heterocycles. The van der Waals surface area contributed by atoms with Crippen molar-refractivity contribution < 1.29 is 9.90 Å². The predicted octanol–water partition coefficient (Wildman–Crippen LogP) is 2.88. The van der Waals surface area contributed by atoms with Crippen LogP contribution in [0.2, 0.25) is 0 Å². The number of phenols is 1. The smallest absolute Gasteiger partial charge is 0.224 e. The first-order valence-electron chi connectivity index (χ1n) is 6.55. The number of amides is 1. The van der Waals surface area contributed by atoms with Gasteiger partial charge in [-0.05, 0) is 31.7 Å². The second-order valence-corrected chi connectivity index (χ2v) is 5.25. The van der Waals surface area contributed by atoms with Gasteiger partial charge in [0.2, 0.25) is 5.91 Å². The van der Waals surface area contributed by atoms with Crippen molar-refractivity contribution in [1.29, 1.82) is 0 Å². The fourth-order valence-electron chi connectivity index (χ4n) is 1.81. The third-order valence-corrected chi connectivity index (χ3v) is 2.93. The monoisotopic (exact) mass is 249 g/mol. The lowest BCUT2D eigenvalue weighted by atomic mass is 10.0. The minimum Gasteiger partial charge on any atom is -0.508 e. The van der Waals surface area contributed by atoms with Gasteiger partial charge in [0.1, 0.15) is 5.75 Å². The van der Waals surface area contributed by atoms with Crippen molar-refractivity contribution in [1.82, 2.24) is 5.32 Å². The van der Waals surface area contributed by atoms with Gasteiger partial charge in [-0.25, -0.2) is 0 Å². The number of rotatable bonds is 6. The van der Waals surface area contributed by atoms with Gasteiger partial charge in [-0.3, -0.25) is 4.79 Å². The second kappa shape index (κ2) is 7.04. The van der Waals surface area contributed by atoms with Crippen LogP contribution in [-0.4, -0.2) is 17.1 Å². The fourth-order valence-corrected chi connectivity index (χ4v) is 1.81. The third kappa shape index (κ3) is 5.21. The van der Waals surface area contributed by atoms with Gasteiger partial charge in [0.25, 0.3) is 0 Å². The van der Waals surface area contributed by atoms with E-state index in [-0.39, 0.29) is 24.1 Å². The van der Waals surface area contributed by atoms with E-state index in [2.05, 4.69) is 19.2 Å². The molecule has 0 radical (unpaired) electrons. The molecule has 0 saturated carbocycles. The van der Waals surface area contributed by atoms with E-state index in [0.29, 0.717) is 11.5 Å². The van der Waals surface area contributed by atoms with Crippen molar-refractivity contribution in [2.45, 2.75) is 46.1 Å². The number of benzene rings is 1. The fraction of sp³-hybridized carbons (Fsp3) is 0.533. The van der Waals surface area contributed by atoms with E-state index in [0.717, 1.165) is 12.8 Å². The number of phenolic OH excluding ortho intramolecular Hbond substituents is 1. The zero-order chi connectivity index (χ0) is 13.5. The quantitative estimate of drug-likeness (QED) is 0.814. The molecule has 0 aliphatic rings. The highest BCUT2D eigenvalue weighted by atomic mass is 16.3. The SMILES string of the molecule is CC(C)CC[C@@H](C)NC(=O)Cc1ccccc1O. The molecule has 3 nitrogen and oxygen atoms in total. The molecule has 18 heavy (non-hydrogen) atoms. The van der Waals surface area contributed by atoms with Crippen LogP contribution in [0.25, 0.3) is 0 Å². The van der Waals surface area contributed by atoms with Crippen LogP contribution in [0.5, 0.6) is 5.75 Å². The molecule has 0 aromatic heterocycles. The number of carbonyl (C=O) groups excluding carboxylic acids is 1. The number of hydrogen-bond acceptors (Lipinski definition) is 2. The lowest BCUT2D eigenvalue weighted by molar-refractivity contribution is -0.121. The number of aromatic hydroxyl groups is 1. The summed E-state index contributed by atoms with van der Waals surface area (Å²) in [5, 5.41) is 12.6. The molecule has 0 aliphatic heterocycles. The molecule has 0 spiro atoms. The standard InChI is InChI=1S/C15H23NO2/c1-11(2)8-9-12(3)16-15(18)10-13-6-4-5-7-14(13)17/h4-7,11-12,17H,8-10H2,1-3H3,(H,16,18)/t12-/m1/s1. The minimum atomic E-state index is -0.0345. The summed E-state index contributed by atoms with van der Waals surface area (Å²) in [7, 11) is 0. The summed E-state index contributed by atoms with van der Waals surface area (Å²) in [4.78, 5) is 11.8. The predicted molar refractivity (Wildman–Crippen MR) is 73.5 cm³/mol. The first kappa shape index (κ1) is 14.6. The van der Waals surface area contributed by atoms with Crippen LogP contribution in [0.4, 0.5) is 0 Å². The number of para-hydroxylation sites is 1. The van der Waals surface area contributed by atoms with Gasteiger partial charge in [0.15, 0.2) is 0 Å². The van der Waals surface area contributed by atoms with Gasteiger partial charge in [-0.1, -0.05) is 32.0 Å². The molecule has 0 unspecified atom stereocenters. The maximum atomic E-state index is 11.8. The lowest BCUT2D eigenvalue weighted by Crippen LogP contribution is -2.33. The third-order valence-electron chi connectivity index (χ3n) is 2.93. The Morgan fingerprint density at radius 3 is 2.50 bits per heavy atom. The normalized spacial score (nSPS) is 12.4. The Bertz CT molecular complexity index is 388. The number of carbonyl (C=O) groups is 1. The summed E-state index contributed by atoms with van der Waals surface area (Å²) in [5.41, 5.74) is 0.672. The molecule has 1 amide bonds. The average Bonchev–Trinajstić information content (AvgIpc) is 2.29. The molecule has 100 valence electrons. The number of nitrogens with one attached hydrogen (secondary N) is 1. The van der Waals surface area contributed by atoms with Crippen molar-refractivity contribution in [2.24, 2.45) is 5.92 Å². The summed E-state index contributed by atoms with van der Waals surface area (Å²) in [6.45, 7) is 6.37. The van der Waals surface area contributed by atoms with Crippen molar-refractivity contribution in [3.8, 4) is 5.75 Å². The highest BCUT2D eigenvalue weighted by molar-refractivity contribution is 5.79. The lowest BCUT2D eigenvalue weighted by Gasteiger charge is -2.15. The Morgan fingerprint density at radius 1 is 1.22 bits per heavy atom. The first-order chi connectivity index (χ1) is 8.49. The molecule has 1 rings (SSSR count). The first-order valence-corrected chi connectivity index (χ1v) is 6.55. The van der Waals surface area contributed by atoms with E-state index in [1.165, 1.54) is 0 Å². The summed E-state index contributed by atoms with van der Waals surface area (Å²) in [5.74, 6) is 0.803. The zero-order valence-electron chi connectivity index (χ0n) is 11.4. The largest absolute Gasteiger partial charge is 0.508 e. The van der Waals surface area contributed by atoms with E-state index in [4.69, 9.17) is 0 Å². The molecule has 1 aromatic rings. The van der Waals surface area contributed by atoms with Crippen LogP contribution in [0.1, 0.15) is 39.2 Å². The van der Waals surface area contributed by atoms with E-state index in [1.807, 2.05) is 13.0 Å². The van der Waals surface area contributed by atoms with Crippen molar-refractivity contribution >= 4 is 5.91 Å². The molecule has 0 heterocycles. The van der Waals surface area contributed by atoms with E-state index in [9.17, 15) is 9.90 Å². The Kier molecular flexibility index (Phi) is 5.69. The van der Waals surface area contributed by atoms with Gasteiger partial charge in [-0.2, -0.15) is 0 Å². The maximum absolute atomic E-state index is 11.8. The van der Waals surface area contributed by atoms with Crippen LogP contribution in [0.15, 0.2) is 24.3 Å². The Labute approximate surface area is 109 Å². The average molecular weight is 249 g/mol. The molecule has 1 aromatic carbocycles. The maximum Gasteiger partial charge on any atom is 0.224 e. The summed E-state index contributed by atoms with van der Waals surface area (Å²) in [6.07, 6.45) is 2.33. The van der Waals surface area contributed by atoms with Crippen molar-refractivity contribution in [3.63, 3.8) is 0 Å². The Morgan fingerprint density at radius 2 is 1.89 bits per heavy atom. The summed E-state index contributed by atoms with van der Waals surface area (Å²) < 4.78 is 0. The van der Waals surface area contributed by atoms with Gasteiger partial charge in [0.05, 0.1) is 6.42 Å². The topological polar surface area (TPSA) is 49.3 Å². The van der Waals surface area contributed by atoms with E-state index < -0.39 is 0 Å². The zero-order valence-corrected chi connectivity index (χ0v) is 11.4. The Balaban J connectivity index is 2.40. The minimum absolute atomic E-state index is 0.0345. The van der Waals surface area contributed by atoms with Crippen LogP contribution < -0.4 is 5.32 Å². The molecule has 0 fully saturated rings. The van der Waals surface area contributed by atoms with Gasteiger partial charge < -0.3 is 10.4 Å².